The molecule has 0 bridgehead atoms. The number of rotatable bonds is 7. The average molecular weight is 323 g/mol. The van der Waals surface area contributed by atoms with E-state index in [1.165, 1.54) is 0 Å². The van der Waals surface area contributed by atoms with Gasteiger partial charge in [-0.2, -0.15) is 0 Å². The van der Waals surface area contributed by atoms with Gasteiger partial charge in [-0.3, -0.25) is 14.7 Å². The molecule has 0 atom stereocenters. The van der Waals surface area contributed by atoms with E-state index < -0.39 is 0 Å². The fourth-order valence-corrected chi connectivity index (χ4v) is 2.61. The molecule has 1 N–H and O–H groups in total. The van der Waals surface area contributed by atoms with Gasteiger partial charge in [0.2, 0.25) is 11.9 Å². The molecule has 5 heteroatoms. The molecule has 1 amide bonds. The van der Waals surface area contributed by atoms with Crippen LogP contribution in [0.3, 0.4) is 0 Å². The number of amides is 1. The van der Waals surface area contributed by atoms with Crippen molar-refractivity contribution in [2.45, 2.75) is 19.8 Å². The molecule has 0 aliphatic carbocycles. The van der Waals surface area contributed by atoms with Crippen molar-refractivity contribution in [3.63, 3.8) is 0 Å². The first-order valence-electron chi connectivity index (χ1n) is 8.20. The number of ether oxygens (including phenoxy) is 1. The van der Waals surface area contributed by atoms with Crippen molar-refractivity contribution in [3.8, 4) is 5.69 Å². The van der Waals surface area contributed by atoms with Crippen LogP contribution in [0.5, 0.6) is 0 Å². The Kier molecular flexibility index (Phi) is 5.23. The van der Waals surface area contributed by atoms with Gasteiger partial charge >= 0.3 is 0 Å². The zero-order valence-electron chi connectivity index (χ0n) is 13.7. The van der Waals surface area contributed by atoms with Crippen LogP contribution in [0.15, 0.2) is 54.6 Å². The van der Waals surface area contributed by atoms with E-state index >= 15 is 0 Å². The van der Waals surface area contributed by atoms with E-state index in [4.69, 9.17) is 4.74 Å². The quantitative estimate of drug-likeness (QED) is 0.673. The van der Waals surface area contributed by atoms with Gasteiger partial charge < -0.3 is 4.74 Å². The molecule has 0 unspecified atom stereocenters. The largest absolute Gasteiger partial charge is 0.382 e. The Morgan fingerprint density at radius 3 is 2.67 bits per heavy atom. The van der Waals surface area contributed by atoms with Crippen LogP contribution >= 0.6 is 0 Å². The number of fused-ring (bicyclic) bond motifs is 1. The average Bonchev–Trinajstić information content (AvgIpc) is 2.97. The first kappa shape index (κ1) is 16.2. The maximum Gasteiger partial charge on any atom is 0.226 e. The number of hydrogen-bond donors (Lipinski definition) is 1. The Hall–Kier alpha value is -2.66. The molecule has 0 aliphatic heterocycles. The third-order valence-corrected chi connectivity index (χ3v) is 3.72. The van der Waals surface area contributed by atoms with Crippen molar-refractivity contribution in [3.05, 3.63) is 54.6 Å². The fourth-order valence-electron chi connectivity index (χ4n) is 2.61. The van der Waals surface area contributed by atoms with E-state index in [-0.39, 0.29) is 5.91 Å². The molecule has 124 valence electrons. The minimum atomic E-state index is -0.0535. The van der Waals surface area contributed by atoms with Gasteiger partial charge in [-0.15, -0.1) is 0 Å². The van der Waals surface area contributed by atoms with Gasteiger partial charge in [0.25, 0.3) is 0 Å². The summed E-state index contributed by atoms with van der Waals surface area (Å²) in [6.07, 6.45) is 1.11. The number of para-hydroxylation sites is 3. The van der Waals surface area contributed by atoms with Crippen molar-refractivity contribution in [2.24, 2.45) is 0 Å². The van der Waals surface area contributed by atoms with E-state index in [1.54, 1.807) is 0 Å². The van der Waals surface area contributed by atoms with Gasteiger partial charge in [0.05, 0.1) is 11.0 Å². The van der Waals surface area contributed by atoms with E-state index in [0.717, 1.165) is 16.7 Å². The summed E-state index contributed by atoms with van der Waals surface area (Å²) >= 11 is 0. The maximum absolute atomic E-state index is 12.2. The Bertz CT molecular complexity index is 812. The second kappa shape index (κ2) is 7.75. The third-order valence-electron chi connectivity index (χ3n) is 3.72. The molecule has 1 heterocycles. The standard InChI is InChI=1S/C19H21N3O2/c1-2-24-14-8-13-18(23)21-19-20-16-11-6-7-12-17(16)22(19)15-9-4-3-5-10-15/h3-7,9-12H,2,8,13-14H2,1H3,(H,20,21,23). The van der Waals surface area contributed by atoms with Gasteiger partial charge in [0.1, 0.15) is 0 Å². The summed E-state index contributed by atoms with van der Waals surface area (Å²) < 4.78 is 7.24. The number of nitrogens with zero attached hydrogens (tertiary/aromatic N) is 2. The Balaban J connectivity index is 1.86. The van der Waals surface area contributed by atoms with E-state index in [2.05, 4.69) is 10.3 Å². The number of anilines is 1. The Morgan fingerprint density at radius 1 is 1.12 bits per heavy atom. The molecule has 3 rings (SSSR count). The molecule has 0 saturated carbocycles. The van der Waals surface area contributed by atoms with Gasteiger partial charge in [-0.1, -0.05) is 30.3 Å². The van der Waals surface area contributed by atoms with Crippen LogP contribution < -0.4 is 5.32 Å². The lowest BCUT2D eigenvalue weighted by Gasteiger charge is -2.10. The van der Waals surface area contributed by atoms with Crippen molar-refractivity contribution >= 4 is 22.9 Å². The third kappa shape index (κ3) is 3.63. The number of benzene rings is 2. The highest BCUT2D eigenvalue weighted by molar-refractivity contribution is 5.92. The number of nitrogens with one attached hydrogen (secondary N) is 1. The minimum absolute atomic E-state index is 0.0535. The fraction of sp³-hybridized carbons (Fsp3) is 0.263. The molecule has 1 aromatic heterocycles. The zero-order valence-corrected chi connectivity index (χ0v) is 13.7. The van der Waals surface area contributed by atoms with Gasteiger partial charge in [0.15, 0.2) is 0 Å². The van der Waals surface area contributed by atoms with Crippen molar-refractivity contribution in [1.29, 1.82) is 0 Å². The van der Waals surface area contributed by atoms with E-state index in [0.29, 0.717) is 32.0 Å². The van der Waals surface area contributed by atoms with Crippen LogP contribution in [0.25, 0.3) is 16.7 Å². The predicted molar refractivity (Wildman–Crippen MR) is 95.4 cm³/mol. The molecule has 2 aromatic carbocycles. The summed E-state index contributed by atoms with van der Waals surface area (Å²) in [6, 6.07) is 17.8. The first-order valence-corrected chi connectivity index (χ1v) is 8.20. The molecule has 0 radical (unpaired) electrons. The molecular weight excluding hydrogens is 302 g/mol. The molecule has 0 saturated heterocycles. The summed E-state index contributed by atoms with van der Waals surface area (Å²) in [6.45, 7) is 3.22. The van der Waals surface area contributed by atoms with Crippen molar-refractivity contribution < 1.29 is 9.53 Å². The lowest BCUT2D eigenvalue weighted by Crippen LogP contribution is -2.15. The maximum atomic E-state index is 12.2. The van der Waals surface area contributed by atoms with Crippen molar-refractivity contribution in [1.82, 2.24) is 9.55 Å². The highest BCUT2D eigenvalue weighted by Gasteiger charge is 2.14. The smallest absolute Gasteiger partial charge is 0.226 e. The van der Waals surface area contributed by atoms with E-state index in [9.17, 15) is 4.79 Å². The van der Waals surface area contributed by atoms with Crippen LogP contribution in [0.2, 0.25) is 0 Å². The van der Waals surface area contributed by atoms with Gasteiger partial charge in [-0.25, -0.2) is 4.98 Å². The summed E-state index contributed by atoms with van der Waals surface area (Å²) in [4.78, 5) is 16.8. The second-order valence-corrected chi connectivity index (χ2v) is 5.44. The number of carbonyl (C=O) groups is 1. The molecular formula is C19H21N3O2. The zero-order chi connectivity index (χ0) is 16.8. The molecule has 3 aromatic rings. The number of hydrogen-bond acceptors (Lipinski definition) is 3. The minimum Gasteiger partial charge on any atom is -0.382 e. The first-order chi connectivity index (χ1) is 11.8. The summed E-state index contributed by atoms with van der Waals surface area (Å²) in [5.74, 6) is 0.492. The lowest BCUT2D eigenvalue weighted by atomic mass is 10.3. The van der Waals surface area contributed by atoms with Crippen LogP contribution in [0.1, 0.15) is 19.8 Å². The van der Waals surface area contributed by atoms with Crippen molar-refractivity contribution in [2.75, 3.05) is 18.5 Å². The van der Waals surface area contributed by atoms with Crippen LogP contribution in [0, 0.1) is 0 Å². The molecule has 0 fully saturated rings. The number of imidazole rings is 1. The van der Waals surface area contributed by atoms with Gasteiger partial charge in [0, 0.05) is 25.3 Å². The number of aromatic nitrogens is 2. The Morgan fingerprint density at radius 2 is 1.88 bits per heavy atom. The molecule has 24 heavy (non-hydrogen) atoms. The predicted octanol–water partition coefficient (Wildman–Crippen LogP) is 3.78. The van der Waals surface area contributed by atoms with Crippen LogP contribution in [-0.2, 0) is 9.53 Å². The summed E-state index contributed by atoms with van der Waals surface area (Å²) in [7, 11) is 0. The second-order valence-electron chi connectivity index (χ2n) is 5.44. The summed E-state index contributed by atoms with van der Waals surface area (Å²) in [5.41, 5.74) is 2.79. The highest BCUT2D eigenvalue weighted by atomic mass is 16.5. The highest BCUT2D eigenvalue weighted by Crippen LogP contribution is 2.24. The topological polar surface area (TPSA) is 56.1 Å². The normalized spacial score (nSPS) is 10.9. The lowest BCUT2D eigenvalue weighted by molar-refractivity contribution is -0.116. The monoisotopic (exact) mass is 323 g/mol. The molecule has 0 aliphatic rings. The SMILES string of the molecule is CCOCCCC(=O)Nc1nc2ccccc2n1-c1ccccc1. The summed E-state index contributed by atoms with van der Waals surface area (Å²) in [5, 5.41) is 2.93. The number of carbonyl (C=O) groups excluding carboxylic acids is 1. The van der Waals surface area contributed by atoms with Gasteiger partial charge in [-0.05, 0) is 37.6 Å². The molecule has 0 spiro atoms. The van der Waals surface area contributed by atoms with E-state index in [1.807, 2.05) is 66.1 Å². The van der Waals surface area contributed by atoms with Crippen LogP contribution in [0.4, 0.5) is 5.95 Å². The van der Waals surface area contributed by atoms with Crippen LogP contribution in [-0.4, -0.2) is 28.7 Å². The molecule has 5 nitrogen and oxygen atoms in total. The Labute approximate surface area is 141 Å².